The molecule has 0 aliphatic rings. The quantitative estimate of drug-likeness (QED) is 0.743. The molecule has 0 aliphatic carbocycles. The second kappa shape index (κ2) is 9.70. The van der Waals surface area contributed by atoms with Crippen LogP contribution in [0.1, 0.15) is 32.9 Å². The van der Waals surface area contributed by atoms with Crippen molar-refractivity contribution in [3.05, 3.63) is 11.1 Å². The summed E-state index contributed by atoms with van der Waals surface area (Å²) in [4.78, 5) is 27.4. The van der Waals surface area contributed by atoms with Crippen molar-refractivity contribution in [3.8, 4) is 0 Å². The van der Waals surface area contributed by atoms with E-state index in [1.807, 2.05) is 13.8 Å². The number of hydrogen-bond donors (Lipinski definition) is 2. The molecule has 1 aromatic heterocycles. The zero-order chi connectivity index (χ0) is 15.1. The summed E-state index contributed by atoms with van der Waals surface area (Å²) in [6.07, 6.45) is 0.943. The van der Waals surface area contributed by atoms with Crippen molar-refractivity contribution in [2.24, 2.45) is 11.7 Å². The van der Waals surface area contributed by atoms with Crippen LogP contribution in [0.5, 0.6) is 0 Å². The van der Waals surface area contributed by atoms with Crippen molar-refractivity contribution in [1.29, 1.82) is 0 Å². The lowest BCUT2D eigenvalue weighted by Crippen LogP contribution is -2.40. The second-order valence-corrected chi connectivity index (χ2v) is 5.38. The van der Waals surface area contributed by atoms with Crippen LogP contribution >= 0.6 is 23.7 Å². The third kappa shape index (κ3) is 6.41. The third-order valence-electron chi connectivity index (χ3n) is 2.97. The predicted molar refractivity (Wildman–Crippen MR) is 85.8 cm³/mol. The zero-order valence-electron chi connectivity index (χ0n) is 12.4. The van der Waals surface area contributed by atoms with E-state index in [1.54, 1.807) is 12.3 Å². The van der Waals surface area contributed by atoms with E-state index in [1.165, 1.54) is 11.3 Å². The number of amides is 1. The molecule has 3 N–H and O–H groups in total. The molecule has 2 atom stereocenters. The summed E-state index contributed by atoms with van der Waals surface area (Å²) in [5, 5.41) is 4.85. The van der Waals surface area contributed by atoms with Crippen LogP contribution in [-0.4, -0.2) is 29.5 Å². The standard InChI is InChI=1S/C13H21N3O3S.ClH/c1-4-8(3)11(14)12(18)16-13-15-9(7-20-13)6-10(17)19-5-2;/h7-8,11H,4-6,14H2,1-3H3,(H,15,16,18);1H. The first-order chi connectivity index (χ1) is 9.47. The molecular formula is C13H22ClN3O3S. The van der Waals surface area contributed by atoms with Gasteiger partial charge in [0.2, 0.25) is 5.91 Å². The fourth-order valence-electron chi connectivity index (χ4n) is 1.51. The van der Waals surface area contributed by atoms with Crippen LogP contribution in [0.15, 0.2) is 5.38 Å². The Bertz CT molecular complexity index is 467. The van der Waals surface area contributed by atoms with Crippen LogP contribution < -0.4 is 11.1 Å². The summed E-state index contributed by atoms with van der Waals surface area (Å²) in [7, 11) is 0. The molecule has 120 valence electrons. The van der Waals surface area contributed by atoms with Gasteiger partial charge in [0.15, 0.2) is 5.13 Å². The van der Waals surface area contributed by atoms with E-state index in [0.717, 1.165) is 6.42 Å². The van der Waals surface area contributed by atoms with Gasteiger partial charge in [-0.3, -0.25) is 9.59 Å². The number of esters is 1. The van der Waals surface area contributed by atoms with E-state index in [-0.39, 0.29) is 36.6 Å². The predicted octanol–water partition coefficient (Wildman–Crippen LogP) is 1.98. The van der Waals surface area contributed by atoms with E-state index in [9.17, 15) is 9.59 Å². The third-order valence-corrected chi connectivity index (χ3v) is 3.78. The largest absolute Gasteiger partial charge is 0.466 e. The summed E-state index contributed by atoms with van der Waals surface area (Å²) in [5.74, 6) is -0.475. The first-order valence-electron chi connectivity index (χ1n) is 6.64. The molecule has 1 heterocycles. The van der Waals surface area contributed by atoms with Gasteiger partial charge in [0, 0.05) is 5.38 Å². The number of nitrogens with one attached hydrogen (secondary N) is 1. The number of anilines is 1. The molecule has 2 unspecified atom stereocenters. The van der Waals surface area contributed by atoms with Gasteiger partial charge in [0.25, 0.3) is 0 Å². The van der Waals surface area contributed by atoms with Crippen molar-refractivity contribution in [2.45, 2.75) is 39.7 Å². The number of nitrogens with zero attached hydrogens (tertiary/aromatic N) is 1. The van der Waals surface area contributed by atoms with Crippen LogP contribution in [0.25, 0.3) is 0 Å². The Balaban J connectivity index is 0.00000400. The highest BCUT2D eigenvalue weighted by Gasteiger charge is 2.20. The highest BCUT2D eigenvalue weighted by Crippen LogP contribution is 2.17. The molecule has 0 saturated carbocycles. The van der Waals surface area contributed by atoms with Gasteiger partial charge in [-0.25, -0.2) is 4.98 Å². The van der Waals surface area contributed by atoms with E-state index >= 15 is 0 Å². The number of hydrogen-bond acceptors (Lipinski definition) is 6. The number of rotatable bonds is 7. The molecular weight excluding hydrogens is 314 g/mol. The van der Waals surface area contributed by atoms with E-state index in [0.29, 0.717) is 17.4 Å². The Kier molecular flexibility index (Phi) is 9.16. The summed E-state index contributed by atoms with van der Waals surface area (Å²) in [5.41, 5.74) is 6.42. The Morgan fingerprint density at radius 1 is 1.48 bits per heavy atom. The molecule has 0 bridgehead atoms. The van der Waals surface area contributed by atoms with Crippen molar-refractivity contribution in [1.82, 2.24) is 4.98 Å². The van der Waals surface area contributed by atoms with E-state index < -0.39 is 6.04 Å². The van der Waals surface area contributed by atoms with Crippen LogP contribution in [0.2, 0.25) is 0 Å². The average molecular weight is 336 g/mol. The molecule has 0 radical (unpaired) electrons. The molecule has 6 nitrogen and oxygen atoms in total. The zero-order valence-corrected chi connectivity index (χ0v) is 14.1. The van der Waals surface area contributed by atoms with E-state index in [2.05, 4.69) is 10.3 Å². The fraction of sp³-hybridized carbons (Fsp3) is 0.615. The van der Waals surface area contributed by atoms with Gasteiger partial charge in [-0.15, -0.1) is 23.7 Å². The van der Waals surface area contributed by atoms with Crippen LogP contribution in [-0.2, 0) is 20.7 Å². The van der Waals surface area contributed by atoms with Crippen molar-refractivity contribution < 1.29 is 14.3 Å². The number of halogens is 1. The van der Waals surface area contributed by atoms with Gasteiger partial charge in [-0.2, -0.15) is 0 Å². The summed E-state index contributed by atoms with van der Waals surface area (Å²) < 4.78 is 4.84. The normalized spacial score (nSPS) is 13.0. The highest BCUT2D eigenvalue weighted by molar-refractivity contribution is 7.13. The Labute approximate surface area is 134 Å². The molecule has 0 fully saturated rings. The summed E-state index contributed by atoms with van der Waals surface area (Å²) in [6.45, 7) is 6.01. The topological polar surface area (TPSA) is 94.3 Å². The van der Waals surface area contributed by atoms with Gasteiger partial charge in [0.05, 0.1) is 24.8 Å². The fourth-order valence-corrected chi connectivity index (χ4v) is 2.22. The van der Waals surface area contributed by atoms with Gasteiger partial charge in [-0.05, 0) is 12.8 Å². The molecule has 0 aliphatic heterocycles. The SMILES string of the molecule is CCOC(=O)Cc1csc(NC(=O)C(N)C(C)CC)n1.Cl. The number of thiazole rings is 1. The average Bonchev–Trinajstić information content (AvgIpc) is 2.84. The van der Waals surface area contributed by atoms with Gasteiger partial charge in [-0.1, -0.05) is 20.3 Å². The van der Waals surface area contributed by atoms with E-state index in [4.69, 9.17) is 10.5 Å². The summed E-state index contributed by atoms with van der Waals surface area (Å²) >= 11 is 1.27. The van der Waals surface area contributed by atoms with Gasteiger partial charge >= 0.3 is 5.97 Å². The smallest absolute Gasteiger partial charge is 0.311 e. The molecule has 1 rings (SSSR count). The Morgan fingerprint density at radius 2 is 2.14 bits per heavy atom. The minimum absolute atomic E-state index is 0. The minimum Gasteiger partial charge on any atom is -0.466 e. The number of aromatic nitrogens is 1. The highest BCUT2D eigenvalue weighted by atomic mass is 35.5. The van der Waals surface area contributed by atoms with Crippen molar-refractivity contribution in [3.63, 3.8) is 0 Å². The van der Waals surface area contributed by atoms with Crippen LogP contribution in [0.4, 0.5) is 5.13 Å². The molecule has 1 amide bonds. The lowest BCUT2D eigenvalue weighted by atomic mass is 10.00. The monoisotopic (exact) mass is 335 g/mol. The molecule has 0 saturated heterocycles. The van der Waals surface area contributed by atoms with Crippen LogP contribution in [0, 0.1) is 5.92 Å². The molecule has 0 aromatic carbocycles. The number of carbonyl (C=O) groups excluding carboxylic acids is 2. The minimum atomic E-state index is -0.558. The maximum absolute atomic E-state index is 11.9. The maximum atomic E-state index is 11.9. The van der Waals surface area contributed by atoms with Gasteiger partial charge in [0.1, 0.15) is 0 Å². The first-order valence-corrected chi connectivity index (χ1v) is 7.52. The van der Waals surface area contributed by atoms with Crippen molar-refractivity contribution >= 4 is 40.8 Å². The number of ether oxygens (including phenoxy) is 1. The molecule has 1 aromatic rings. The van der Waals surface area contributed by atoms with Crippen LogP contribution in [0.3, 0.4) is 0 Å². The van der Waals surface area contributed by atoms with Crippen molar-refractivity contribution in [2.75, 3.05) is 11.9 Å². The first kappa shape index (κ1) is 19.8. The maximum Gasteiger partial charge on any atom is 0.311 e. The Hall–Kier alpha value is -1.18. The van der Waals surface area contributed by atoms with Gasteiger partial charge < -0.3 is 15.8 Å². The Morgan fingerprint density at radius 3 is 2.71 bits per heavy atom. The lowest BCUT2D eigenvalue weighted by molar-refractivity contribution is -0.142. The lowest BCUT2D eigenvalue weighted by Gasteiger charge is -2.16. The number of carbonyl (C=O) groups is 2. The second-order valence-electron chi connectivity index (χ2n) is 4.53. The molecule has 0 spiro atoms. The number of nitrogens with two attached hydrogens (primary N) is 1. The summed E-state index contributed by atoms with van der Waals surface area (Å²) in [6, 6.07) is -0.558. The molecule has 8 heteroatoms. The molecule has 21 heavy (non-hydrogen) atoms.